The quantitative estimate of drug-likeness (QED) is 0.429. The van der Waals surface area contributed by atoms with Gasteiger partial charge in [0.25, 0.3) is 0 Å². The number of nitrogen functional groups attached to an aromatic ring is 1. The zero-order valence-corrected chi connectivity index (χ0v) is 13.9. The molecule has 1 heterocycles. The van der Waals surface area contributed by atoms with Crippen molar-refractivity contribution in [3.63, 3.8) is 0 Å². The summed E-state index contributed by atoms with van der Waals surface area (Å²) in [6, 6.07) is 7.42. The third-order valence-corrected chi connectivity index (χ3v) is 3.48. The van der Waals surface area contributed by atoms with Crippen LogP contribution in [0, 0.1) is 0 Å². The Morgan fingerprint density at radius 2 is 2.36 bits per heavy atom. The van der Waals surface area contributed by atoms with Crippen LogP contribution in [0.25, 0.3) is 0 Å². The maximum atomic E-state index is 11.7. The van der Waals surface area contributed by atoms with Crippen LogP contribution in [0.1, 0.15) is 10.6 Å². The Bertz CT molecular complexity index is 661. The summed E-state index contributed by atoms with van der Waals surface area (Å²) in [5.74, 6) is 0.471. The lowest BCUT2D eigenvalue weighted by molar-refractivity contribution is -0.120. The fraction of sp³-hybridized carbons (Fsp3) is 0.231. The van der Waals surface area contributed by atoms with Gasteiger partial charge in [-0.15, -0.1) is 10.2 Å². The van der Waals surface area contributed by atoms with E-state index in [9.17, 15) is 4.79 Å². The van der Waals surface area contributed by atoms with Crippen LogP contribution >= 0.6 is 27.3 Å². The normalized spacial score (nSPS) is 10.8. The van der Waals surface area contributed by atoms with Crippen LogP contribution in [0.3, 0.4) is 0 Å². The molecule has 1 aromatic carbocycles. The summed E-state index contributed by atoms with van der Waals surface area (Å²) in [6.45, 7) is 0.586. The molecule has 0 atom stereocenters. The summed E-state index contributed by atoms with van der Waals surface area (Å²) in [5.41, 5.74) is 8.71. The number of nitrogens with two attached hydrogens (primary N) is 1. The number of carbonyl (C=O) groups excluding carboxylic acids is 1. The highest BCUT2D eigenvalue weighted by Crippen LogP contribution is 2.12. The van der Waals surface area contributed by atoms with E-state index in [0.717, 1.165) is 16.6 Å². The number of halogens is 1. The minimum absolute atomic E-state index is 0.0978. The molecule has 0 spiro atoms. The fourth-order valence-electron chi connectivity index (χ4n) is 1.53. The van der Waals surface area contributed by atoms with Gasteiger partial charge in [-0.3, -0.25) is 4.79 Å². The number of benzene rings is 1. The summed E-state index contributed by atoms with van der Waals surface area (Å²) < 4.78 is 5.48. The van der Waals surface area contributed by atoms with Gasteiger partial charge in [0, 0.05) is 5.33 Å². The lowest BCUT2D eigenvalue weighted by atomic mass is 10.2. The van der Waals surface area contributed by atoms with Crippen LogP contribution in [0.15, 0.2) is 29.4 Å². The van der Waals surface area contributed by atoms with Gasteiger partial charge in [-0.1, -0.05) is 39.4 Å². The largest absolute Gasteiger partial charge is 0.493 e. The second-order valence-electron chi connectivity index (χ2n) is 4.11. The number of alkyl halides is 1. The maximum absolute atomic E-state index is 11.7. The highest BCUT2D eigenvalue weighted by atomic mass is 79.9. The van der Waals surface area contributed by atoms with E-state index in [4.69, 9.17) is 10.5 Å². The number of rotatable bonds is 7. The summed E-state index contributed by atoms with van der Waals surface area (Å²) >= 11 is 4.47. The number of ether oxygens (including phenoxy) is 1. The number of hydrogen-bond donors (Lipinski definition) is 2. The Balaban J connectivity index is 1.85. The number of carbonyl (C=O) groups is 1. The Labute approximate surface area is 139 Å². The smallest absolute Gasteiger partial charge is 0.247 e. The number of nitrogens with one attached hydrogen (secondary N) is 1. The molecule has 22 heavy (non-hydrogen) atoms. The predicted octanol–water partition coefficient (Wildman–Crippen LogP) is 1.59. The van der Waals surface area contributed by atoms with Crippen molar-refractivity contribution in [1.82, 2.24) is 15.6 Å². The molecular weight excluding hydrogens is 370 g/mol. The van der Waals surface area contributed by atoms with Crippen molar-refractivity contribution in [3.05, 3.63) is 34.8 Å². The van der Waals surface area contributed by atoms with E-state index in [-0.39, 0.29) is 12.3 Å². The van der Waals surface area contributed by atoms with Gasteiger partial charge in [0.15, 0.2) is 0 Å². The Morgan fingerprint density at radius 1 is 1.50 bits per heavy atom. The highest BCUT2D eigenvalue weighted by molar-refractivity contribution is 9.09. The molecule has 1 amide bonds. The maximum Gasteiger partial charge on any atom is 0.247 e. The second-order valence-corrected chi connectivity index (χ2v) is 6.00. The van der Waals surface area contributed by atoms with E-state index in [1.807, 2.05) is 24.3 Å². The van der Waals surface area contributed by atoms with E-state index in [0.29, 0.717) is 16.7 Å². The van der Waals surface area contributed by atoms with Crippen LogP contribution in [0.4, 0.5) is 5.13 Å². The zero-order valence-electron chi connectivity index (χ0n) is 11.5. The molecule has 0 aliphatic rings. The van der Waals surface area contributed by atoms with E-state index in [2.05, 4.69) is 36.7 Å². The fourth-order valence-corrected chi connectivity index (χ4v) is 2.30. The van der Waals surface area contributed by atoms with E-state index >= 15 is 0 Å². The summed E-state index contributed by atoms with van der Waals surface area (Å²) in [4.78, 5) is 11.7. The number of nitrogens with zero attached hydrogens (tertiary/aromatic N) is 3. The van der Waals surface area contributed by atoms with Crippen LogP contribution in [0.5, 0.6) is 5.75 Å². The third kappa shape index (κ3) is 5.41. The zero-order chi connectivity index (χ0) is 15.8. The molecule has 2 aromatic rings. The molecule has 3 N–H and O–H groups in total. The summed E-state index contributed by atoms with van der Waals surface area (Å²) in [7, 11) is 0. The number of hydrogen-bond acceptors (Lipinski definition) is 7. The van der Waals surface area contributed by atoms with Gasteiger partial charge in [0.1, 0.15) is 10.8 Å². The Hall–Kier alpha value is -2.00. The average Bonchev–Trinajstić information content (AvgIpc) is 2.90. The summed E-state index contributed by atoms with van der Waals surface area (Å²) in [5, 5.41) is 13.0. The molecule has 0 saturated carbocycles. The molecule has 2 rings (SSSR count). The predicted molar refractivity (Wildman–Crippen MR) is 89.5 cm³/mol. The molecule has 0 unspecified atom stereocenters. The lowest BCUT2D eigenvalue weighted by Gasteiger charge is -2.04. The van der Waals surface area contributed by atoms with Gasteiger partial charge < -0.3 is 10.5 Å². The molecule has 0 aliphatic heterocycles. The van der Waals surface area contributed by atoms with Crippen molar-refractivity contribution in [2.24, 2.45) is 5.10 Å². The Morgan fingerprint density at radius 3 is 3.09 bits per heavy atom. The van der Waals surface area contributed by atoms with Crippen LogP contribution in [-0.4, -0.2) is 34.3 Å². The first-order valence-corrected chi connectivity index (χ1v) is 8.30. The van der Waals surface area contributed by atoms with Crippen molar-refractivity contribution in [2.45, 2.75) is 6.42 Å². The molecule has 1 aromatic heterocycles. The van der Waals surface area contributed by atoms with Crippen molar-refractivity contribution >= 4 is 44.5 Å². The van der Waals surface area contributed by atoms with Gasteiger partial charge in [-0.2, -0.15) is 5.10 Å². The second kappa shape index (κ2) is 8.44. The number of hydrazone groups is 1. The minimum Gasteiger partial charge on any atom is -0.493 e. The highest BCUT2D eigenvalue weighted by Gasteiger charge is 2.06. The lowest BCUT2D eigenvalue weighted by Crippen LogP contribution is -2.19. The first-order chi connectivity index (χ1) is 10.7. The van der Waals surface area contributed by atoms with Crippen LogP contribution in [0.2, 0.25) is 0 Å². The van der Waals surface area contributed by atoms with E-state index < -0.39 is 0 Å². The molecule has 116 valence electrons. The molecule has 0 radical (unpaired) electrons. The Kier molecular flexibility index (Phi) is 6.28. The molecule has 0 bridgehead atoms. The van der Waals surface area contributed by atoms with Crippen molar-refractivity contribution in [2.75, 3.05) is 17.7 Å². The van der Waals surface area contributed by atoms with Gasteiger partial charge in [0.05, 0.1) is 19.2 Å². The standard InChI is InChI=1S/C13H14BrN5O2S/c14-4-5-21-10-3-1-2-9(6-10)8-16-17-11(20)7-12-18-19-13(15)22-12/h1-3,6,8H,4-5,7H2,(H2,15,19)(H,17,20)/b16-8+. The molecule has 0 fully saturated rings. The van der Waals surface area contributed by atoms with Gasteiger partial charge >= 0.3 is 0 Å². The van der Waals surface area contributed by atoms with Crippen molar-refractivity contribution in [3.8, 4) is 5.75 Å². The van der Waals surface area contributed by atoms with E-state index in [1.54, 1.807) is 6.21 Å². The van der Waals surface area contributed by atoms with Crippen LogP contribution < -0.4 is 15.9 Å². The number of anilines is 1. The molecule has 9 heteroatoms. The van der Waals surface area contributed by atoms with Crippen LogP contribution in [-0.2, 0) is 11.2 Å². The topological polar surface area (TPSA) is 102 Å². The summed E-state index contributed by atoms with van der Waals surface area (Å²) in [6.07, 6.45) is 1.65. The SMILES string of the molecule is Nc1nnc(CC(=O)N/N=C/c2cccc(OCCBr)c2)s1. The average molecular weight is 384 g/mol. The number of aromatic nitrogens is 2. The first-order valence-electron chi connectivity index (χ1n) is 6.36. The van der Waals surface area contributed by atoms with E-state index in [1.165, 1.54) is 11.3 Å². The molecule has 7 nitrogen and oxygen atoms in total. The third-order valence-electron chi connectivity index (χ3n) is 2.40. The van der Waals surface area contributed by atoms with Crippen molar-refractivity contribution < 1.29 is 9.53 Å². The number of amides is 1. The first kappa shape index (κ1) is 16.4. The van der Waals surface area contributed by atoms with Gasteiger partial charge in [-0.25, -0.2) is 5.43 Å². The monoisotopic (exact) mass is 383 g/mol. The molecule has 0 saturated heterocycles. The van der Waals surface area contributed by atoms with Crippen molar-refractivity contribution in [1.29, 1.82) is 0 Å². The van der Waals surface area contributed by atoms with Gasteiger partial charge in [-0.05, 0) is 17.7 Å². The molecule has 0 aliphatic carbocycles. The molecular formula is C13H14BrN5O2S. The minimum atomic E-state index is -0.279. The van der Waals surface area contributed by atoms with Gasteiger partial charge in [0.2, 0.25) is 11.0 Å².